The second kappa shape index (κ2) is 10.4. The van der Waals surface area contributed by atoms with Gasteiger partial charge >= 0.3 is 0 Å². The Labute approximate surface area is 179 Å². The molecule has 1 saturated heterocycles. The number of carbonyl (C=O) groups excluding carboxylic acids is 2. The number of nitrogens with one attached hydrogen (secondary N) is 2. The summed E-state index contributed by atoms with van der Waals surface area (Å²) in [6.45, 7) is 2.56. The molecule has 1 aromatic rings. The van der Waals surface area contributed by atoms with E-state index in [2.05, 4.69) is 10.0 Å². The van der Waals surface area contributed by atoms with Crippen LogP contribution < -0.4 is 14.8 Å². The van der Waals surface area contributed by atoms with Gasteiger partial charge in [-0.05, 0) is 62.6 Å². The predicted molar refractivity (Wildman–Crippen MR) is 114 cm³/mol. The fourth-order valence-electron chi connectivity index (χ4n) is 3.64. The Kier molecular flexibility index (Phi) is 7.88. The van der Waals surface area contributed by atoms with Crippen molar-refractivity contribution in [2.45, 2.75) is 64.3 Å². The molecule has 0 radical (unpaired) electrons. The van der Waals surface area contributed by atoms with Gasteiger partial charge in [0.2, 0.25) is 21.8 Å². The first kappa shape index (κ1) is 22.7. The van der Waals surface area contributed by atoms with Gasteiger partial charge in [0, 0.05) is 18.4 Å². The highest BCUT2D eigenvalue weighted by molar-refractivity contribution is 7.89. The highest BCUT2D eigenvalue weighted by Gasteiger charge is 2.26. The Morgan fingerprint density at radius 2 is 1.97 bits per heavy atom. The molecular formula is C22H32N2O5S. The maximum Gasteiger partial charge on any atom is 0.229 e. The molecule has 1 unspecified atom stereocenters. The molecule has 2 aliphatic rings. The van der Waals surface area contributed by atoms with Crippen molar-refractivity contribution in [3.63, 3.8) is 0 Å². The zero-order chi connectivity index (χ0) is 21.6. The first-order valence-corrected chi connectivity index (χ1v) is 12.5. The fraction of sp³-hybridized carbons (Fsp3) is 0.636. The number of benzene rings is 1. The van der Waals surface area contributed by atoms with Gasteiger partial charge in [0.25, 0.3) is 0 Å². The molecule has 3 rings (SSSR count). The van der Waals surface area contributed by atoms with Gasteiger partial charge in [0.05, 0.1) is 12.4 Å². The maximum atomic E-state index is 12.4. The molecule has 7 nitrogen and oxygen atoms in total. The van der Waals surface area contributed by atoms with E-state index >= 15 is 0 Å². The summed E-state index contributed by atoms with van der Waals surface area (Å²) in [7, 11) is -3.40. The van der Waals surface area contributed by atoms with Crippen molar-refractivity contribution >= 4 is 21.8 Å². The second-order valence-corrected chi connectivity index (χ2v) is 10.4. The number of imide groups is 1. The molecule has 8 heteroatoms. The van der Waals surface area contributed by atoms with E-state index in [0.29, 0.717) is 31.6 Å². The van der Waals surface area contributed by atoms with Crippen molar-refractivity contribution < 1.29 is 22.7 Å². The number of unbranched alkanes of at least 4 members (excludes halogenated alkanes) is 2. The molecule has 1 aromatic carbocycles. The normalized spacial score (nSPS) is 20.6. The number of carbonyl (C=O) groups is 2. The lowest BCUT2D eigenvalue weighted by Gasteiger charge is -2.20. The fourth-order valence-corrected chi connectivity index (χ4v) is 5.02. The third kappa shape index (κ3) is 7.40. The molecule has 2 amide bonds. The monoisotopic (exact) mass is 436 g/mol. The summed E-state index contributed by atoms with van der Waals surface area (Å²) in [5.41, 5.74) is 0.879. The Bertz CT molecular complexity index is 851. The quantitative estimate of drug-likeness (QED) is 0.387. The van der Waals surface area contributed by atoms with Crippen LogP contribution in [0.15, 0.2) is 24.3 Å². The van der Waals surface area contributed by atoms with E-state index in [0.717, 1.165) is 30.8 Å². The van der Waals surface area contributed by atoms with Gasteiger partial charge < -0.3 is 4.74 Å². The molecule has 1 saturated carbocycles. The van der Waals surface area contributed by atoms with Gasteiger partial charge in [-0.25, -0.2) is 13.1 Å². The van der Waals surface area contributed by atoms with Crippen molar-refractivity contribution in [3.8, 4) is 5.75 Å². The third-order valence-corrected chi connectivity index (χ3v) is 7.25. The van der Waals surface area contributed by atoms with Crippen molar-refractivity contribution in [1.29, 1.82) is 0 Å². The molecule has 1 aliphatic heterocycles. The molecule has 2 atom stereocenters. The number of piperidine rings is 1. The van der Waals surface area contributed by atoms with Crippen LogP contribution in [0.4, 0.5) is 0 Å². The van der Waals surface area contributed by atoms with Crippen LogP contribution in [0.5, 0.6) is 5.75 Å². The molecule has 30 heavy (non-hydrogen) atoms. The van der Waals surface area contributed by atoms with Gasteiger partial charge in [-0.1, -0.05) is 25.0 Å². The van der Waals surface area contributed by atoms with E-state index in [1.165, 1.54) is 12.8 Å². The molecule has 1 aliphatic carbocycles. The van der Waals surface area contributed by atoms with Crippen molar-refractivity contribution in [2.24, 2.45) is 11.8 Å². The van der Waals surface area contributed by atoms with Crippen LogP contribution in [0.3, 0.4) is 0 Å². The Hall–Kier alpha value is -1.93. The van der Waals surface area contributed by atoms with Gasteiger partial charge in [-0.3, -0.25) is 14.9 Å². The predicted octanol–water partition coefficient (Wildman–Crippen LogP) is 3.07. The molecule has 2 fully saturated rings. The second-order valence-electron chi connectivity index (χ2n) is 8.48. The summed E-state index contributed by atoms with van der Waals surface area (Å²) in [5, 5.41) is 2.36. The summed E-state index contributed by atoms with van der Waals surface area (Å²) in [5.74, 6) is 0.968. The third-order valence-electron chi connectivity index (χ3n) is 5.72. The first-order valence-electron chi connectivity index (χ1n) is 10.9. The summed E-state index contributed by atoms with van der Waals surface area (Å²) in [6.07, 6.45) is 6.17. The van der Waals surface area contributed by atoms with Gasteiger partial charge in [0.15, 0.2) is 0 Å². The van der Waals surface area contributed by atoms with Crippen molar-refractivity contribution in [1.82, 2.24) is 10.0 Å². The van der Waals surface area contributed by atoms with Crippen LogP contribution >= 0.6 is 0 Å². The SMILES string of the molecule is C[C@@H](NS(=O)(=O)CCCCCC1CCC(=O)NC1=O)c1cccc(OCC2CC2)c1. The van der Waals surface area contributed by atoms with Crippen LogP contribution in [0.2, 0.25) is 0 Å². The largest absolute Gasteiger partial charge is 0.493 e. The smallest absolute Gasteiger partial charge is 0.229 e. The average molecular weight is 437 g/mol. The van der Waals surface area contributed by atoms with Crippen LogP contribution in [0.25, 0.3) is 0 Å². The van der Waals surface area contributed by atoms with E-state index in [1.54, 1.807) is 0 Å². The molecule has 2 N–H and O–H groups in total. The number of rotatable bonds is 12. The molecule has 1 heterocycles. The topological polar surface area (TPSA) is 102 Å². The minimum Gasteiger partial charge on any atom is -0.493 e. The Morgan fingerprint density at radius 3 is 2.70 bits per heavy atom. The van der Waals surface area contributed by atoms with Crippen LogP contribution in [-0.2, 0) is 19.6 Å². The van der Waals surface area contributed by atoms with E-state index < -0.39 is 10.0 Å². The zero-order valence-electron chi connectivity index (χ0n) is 17.6. The molecular weight excluding hydrogens is 404 g/mol. The highest BCUT2D eigenvalue weighted by atomic mass is 32.2. The average Bonchev–Trinajstić information content (AvgIpc) is 3.52. The molecule has 0 aromatic heterocycles. The number of amides is 2. The lowest BCUT2D eigenvalue weighted by atomic mass is 9.92. The van der Waals surface area contributed by atoms with E-state index in [-0.39, 0.29) is 29.5 Å². The number of hydrogen-bond acceptors (Lipinski definition) is 5. The van der Waals surface area contributed by atoms with Gasteiger partial charge in [-0.15, -0.1) is 0 Å². The molecule has 166 valence electrons. The van der Waals surface area contributed by atoms with Crippen LogP contribution in [0, 0.1) is 11.8 Å². The molecule has 0 spiro atoms. The molecule has 0 bridgehead atoms. The summed E-state index contributed by atoms with van der Waals surface area (Å²) >= 11 is 0. The lowest BCUT2D eigenvalue weighted by molar-refractivity contribution is -0.136. The Balaban J connectivity index is 1.37. The summed E-state index contributed by atoms with van der Waals surface area (Å²) < 4.78 is 33.4. The van der Waals surface area contributed by atoms with Crippen molar-refractivity contribution in [2.75, 3.05) is 12.4 Å². The summed E-state index contributed by atoms with van der Waals surface area (Å²) in [6, 6.07) is 7.25. The van der Waals surface area contributed by atoms with Gasteiger partial charge in [-0.2, -0.15) is 0 Å². The zero-order valence-corrected chi connectivity index (χ0v) is 18.4. The first-order chi connectivity index (χ1) is 14.3. The Morgan fingerprint density at radius 1 is 1.17 bits per heavy atom. The summed E-state index contributed by atoms with van der Waals surface area (Å²) in [4.78, 5) is 22.9. The van der Waals surface area contributed by atoms with E-state index in [1.807, 2.05) is 31.2 Å². The van der Waals surface area contributed by atoms with Crippen LogP contribution in [0.1, 0.15) is 69.9 Å². The minimum atomic E-state index is -3.40. The maximum absolute atomic E-state index is 12.4. The standard InChI is InChI=1S/C22H32N2O5S/c1-16(19-7-5-8-20(14-19)29-15-17-9-10-17)24-30(27,28)13-4-2-3-6-18-11-12-21(25)23-22(18)26/h5,7-8,14,16-18,24H,2-4,6,9-13,15H2,1H3,(H,23,25,26)/t16-,18?/m1/s1. The number of hydrogen-bond donors (Lipinski definition) is 2. The van der Waals surface area contributed by atoms with Crippen LogP contribution in [-0.4, -0.2) is 32.6 Å². The minimum absolute atomic E-state index is 0.0601. The number of sulfonamides is 1. The lowest BCUT2D eigenvalue weighted by Crippen LogP contribution is -2.40. The highest BCUT2D eigenvalue weighted by Crippen LogP contribution is 2.30. The number of ether oxygens (including phenoxy) is 1. The van der Waals surface area contributed by atoms with E-state index in [4.69, 9.17) is 4.74 Å². The van der Waals surface area contributed by atoms with Crippen molar-refractivity contribution in [3.05, 3.63) is 29.8 Å². The van der Waals surface area contributed by atoms with E-state index in [9.17, 15) is 18.0 Å². The van der Waals surface area contributed by atoms with Gasteiger partial charge in [0.1, 0.15) is 5.75 Å².